The van der Waals surface area contributed by atoms with Crippen LogP contribution in [-0.2, 0) is 0 Å². The standard InChI is InChI=1S/C25H29F3IN3O2/c26-19-10-9-18(23(22(19)28)31-21-11-8-16(29)12-20(21)27)24(33)32-14-25(34,15-32)13-30-17-6-4-2-1-3-5-7-17/h8-12,17,30-31,34H,1-7,13-15H2. The molecule has 1 aliphatic heterocycles. The number of benzene rings is 2. The van der Waals surface area contributed by atoms with Gasteiger partial charge in [0, 0.05) is 16.2 Å². The molecule has 0 bridgehead atoms. The summed E-state index contributed by atoms with van der Waals surface area (Å²) >= 11 is 1.94. The van der Waals surface area contributed by atoms with Crippen molar-refractivity contribution < 1.29 is 23.1 Å². The first-order valence-electron chi connectivity index (χ1n) is 11.7. The highest BCUT2D eigenvalue weighted by Crippen LogP contribution is 2.32. The van der Waals surface area contributed by atoms with Crippen molar-refractivity contribution in [3.8, 4) is 0 Å². The number of hydrogen-bond acceptors (Lipinski definition) is 4. The zero-order chi connectivity index (χ0) is 24.3. The van der Waals surface area contributed by atoms with Gasteiger partial charge in [0.15, 0.2) is 11.6 Å². The van der Waals surface area contributed by atoms with E-state index >= 15 is 0 Å². The molecule has 1 amide bonds. The zero-order valence-corrected chi connectivity index (χ0v) is 21.0. The van der Waals surface area contributed by atoms with E-state index in [4.69, 9.17) is 0 Å². The van der Waals surface area contributed by atoms with Crippen LogP contribution in [-0.4, -0.2) is 47.2 Å². The molecule has 0 spiro atoms. The van der Waals surface area contributed by atoms with Crippen molar-refractivity contribution in [1.82, 2.24) is 10.2 Å². The molecule has 1 aliphatic carbocycles. The molecule has 0 atom stereocenters. The van der Waals surface area contributed by atoms with E-state index in [1.807, 2.05) is 22.6 Å². The number of aliphatic hydroxyl groups is 1. The summed E-state index contributed by atoms with van der Waals surface area (Å²) in [7, 11) is 0. The van der Waals surface area contributed by atoms with E-state index in [0.29, 0.717) is 16.2 Å². The highest BCUT2D eigenvalue weighted by molar-refractivity contribution is 14.1. The molecule has 0 radical (unpaired) electrons. The van der Waals surface area contributed by atoms with E-state index in [2.05, 4.69) is 10.6 Å². The van der Waals surface area contributed by atoms with Crippen LogP contribution in [0.5, 0.6) is 0 Å². The van der Waals surface area contributed by atoms with Crippen LogP contribution in [0.25, 0.3) is 0 Å². The van der Waals surface area contributed by atoms with Crippen molar-refractivity contribution in [3.63, 3.8) is 0 Å². The van der Waals surface area contributed by atoms with Crippen LogP contribution in [0.3, 0.4) is 0 Å². The predicted octanol–water partition coefficient (Wildman–Crippen LogP) is 5.34. The van der Waals surface area contributed by atoms with E-state index in [9.17, 15) is 23.1 Å². The Kier molecular flexibility index (Phi) is 8.04. The Labute approximate surface area is 211 Å². The maximum Gasteiger partial charge on any atom is 0.256 e. The van der Waals surface area contributed by atoms with Gasteiger partial charge in [-0.1, -0.05) is 32.1 Å². The highest BCUT2D eigenvalue weighted by atomic mass is 127. The molecule has 2 aromatic carbocycles. The number of nitrogens with zero attached hydrogens (tertiary/aromatic N) is 1. The molecule has 9 heteroatoms. The Hall–Kier alpha value is -1.85. The summed E-state index contributed by atoms with van der Waals surface area (Å²) in [6.07, 6.45) is 8.27. The molecular weight excluding hydrogens is 558 g/mol. The lowest BCUT2D eigenvalue weighted by atomic mass is 9.91. The summed E-state index contributed by atoms with van der Waals surface area (Å²) in [5.74, 6) is -3.60. The molecule has 1 saturated heterocycles. The van der Waals surface area contributed by atoms with Crippen molar-refractivity contribution in [3.05, 3.63) is 56.9 Å². The lowest BCUT2D eigenvalue weighted by Crippen LogP contribution is -2.67. The smallest absolute Gasteiger partial charge is 0.256 e. The number of nitrogens with one attached hydrogen (secondary N) is 2. The van der Waals surface area contributed by atoms with Crippen molar-refractivity contribution in [1.29, 1.82) is 0 Å². The molecule has 0 aromatic heterocycles. The number of carbonyl (C=O) groups is 1. The number of carbonyl (C=O) groups excluding carboxylic acids is 1. The third kappa shape index (κ3) is 5.85. The Morgan fingerprint density at radius 1 is 1.03 bits per heavy atom. The van der Waals surface area contributed by atoms with Gasteiger partial charge in [-0.2, -0.15) is 0 Å². The third-order valence-corrected chi connectivity index (χ3v) is 7.27. The molecule has 34 heavy (non-hydrogen) atoms. The number of anilines is 2. The summed E-state index contributed by atoms with van der Waals surface area (Å²) in [4.78, 5) is 14.5. The van der Waals surface area contributed by atoms with E-state index in [-0.39, 0.29) is 24.3 Å². The predicted molar refractivity (Wildman–Crippen MR) is 134 cm³/mol. The zero-order valence-electron chi connectivity index (χ0n) is 18.8. The lowest BCUT2D eigenvalue weighted by Gasteiger charge is -2.47. The second-order valence-corrected chi connectivity index (χ2v) is 10.6. The van der Waals surface area contributed by atoms with Gasteiger partial charge >= 0.3 is 0 Å². The molecule has 3 N–H and O–H groups in total. The monoisotopic (exact) mass is 587 g/mol. The Morgan fingerprint density at radius 3 is 2.38 bits per heavy atom. The molecule has 2 aliphatic rings. The van der Waals surface area contributed by atoms with Crippen molar-refractivity contribution in [2.24, 2.45) is 0 Å². The number of amides is 1. The van der Waals surface area contributed by atoms with Gasteiger partial charge in [-0.3, -0.25) is 4.79 Å². The van der Waals surface area contributed by atoms with Crippen LogP contribution in [0.1, 0.15) is 55.3 Å². The fraction of sp³-hybridized carbons (Fsp3) is 0.480. The molecule has 5 nitrogen and oxygen atoms in total. The average molecular weight is 587 g/mol. The topological polar surface area (TPSA) is 64.6 Å². The van der Waals surface area contributed by atoms with Crippen LogP contribution in [0.15, 0.2) is 30.3 Å². The van der Waals surface area contributed by atoms with Crippen molar-refractivity contribution >= 4 is 39.9 Å². The molecule has 0 unspecified atom stereocenters. The van der Waals surface area contributed by atoms with Crippen LogP contribution >= 0.6 is 22.6 Å². The maximum atomic E-state index is 14.7. The normalized spacial score (nSPS) is 18.7. The molecule has 184 valence electrons. The highest BCUT2D eigenvalue weighted by Gasteiger charge is 2.44. The maximum absolute atomic E-state index is 14.7. The van der Waals surface area contributed by atoms with E-state index < -0.39 is 34.6 Å². The third-order valence-electron chi connectivity index (χ3n) is 6.60. The first-order valence-corrected chi connectivity index (χ1v) is 12.8. The van der Waals surface area contributed by atoms with Gasteiger partial charge in [0.1, 0.15) is 11.4 Å². The van der Waals surface area contributed by atoms with Crippen molar-refractivity contribution in [2.75, 3.05) is 25.0 Å². The quantitative estimate of drug-likeness (QED) is 0.400. The Bertz CT molecular complexity index is 1040. The molecule has 2 aromatic rings. The van der Waals surface area contributed by atoms with E-state index in [0.717, 1.165) is 18.9 Å². The lowest BCUT2D eigenvalue weighted by molar-refractivity contribution is -0.0800. The van der Waals surface area contributed by atoms with Gasteiger partial charge in [0.05, 0.1) is 30.0 Å². The molecule has 1 heterocycles. The fourth-order valence-electron chi connectivity index (χ4n) is 4.66. The fourth-order valence-corrected chi connectivity index (χ4v) is 5.11. The average Bonchev–Trinajstić information content (AvgIpc) is 2.75. The van der Waals surface area contributed by atoms with Gasteiger partial charge in [-0.05, 0) is 65.8 Å². The van der Waals surface area contributed by atoms with Gasteiger partial charge < -0.3 is 20.6 Å². The Balaban J connectivity index is 1.43. The minimum absolute atomic E-state index is 0.0671. The number of hydrogen-bond donors (Lipinski definition) is 3. The summed E-state index contributed by atoms with van der Waals surface area (Å²) in [6, 6.07) is 6.68. The summed E-state index contributed by atoms with van der Waals surface area (Å²) in [6.45, 7) is 0.544. The first kappa shape index (κ1) is 25.2. The van der Waals surface area contributed by atoms with Gasteiger partial charge in [0.25, 0.3) is 5.91 Å². The molecule has 2 fully saturated rings. The summed E-state index contributed by atoms with van der Waals surface area (Å²) < 4.78 is 43.6. The SMILES string of the molecule is O=C(c1ccc(F)c(F)c1Nc1ccc(I)cc1F)N1CC(O)(CNC2CCCCCCC2)C1. The summed E-state index contributed by atoms with van der Waals surface area (Å²) in [5.41, 5.74) is -1.67. The first-order chi connectivity index (χ1) is 16.3. The number of halogens is 4. The molecule has 4 rings (SSSR count). The van der Waals surface area contributed by atoms with Crippen LogP contribution in [0.2, 0.25) is 0 Å². The molecular formula is C25H29F3IN3O2. The Morgan fingerprint density at radius 2 is 1.71 bits per heavy atom. The summed E-state index contributed by atoms with van der Waals surface area (Å²) in [5, 5.41) is 16.8. The minimum atomic E-state index is -1.26. The van der Waals surface area contributed by atoms with Crippen LogP contribution in [0, 0.1) is 21.0 Å². The van der Waals surface area contributed by atoms with Crippen LogP contribution < -0.4 is 10.6 Å². The number of β-amino-alcohol motifs (C(OH)–C–C–N with tert-alkyl or cyclic N) is 1. The largest absolute Gasteiger partial charge is 0.385 e. The second kappa shape index (κ2) is 10.8. The van der Waals surface area contributed by atoms with Gasteiger partial charge in [-0.15, -0.1) is 0 Å². The van der Waals surface area contributed by atoms with E-state index in [1.54, 1.807) is 6.07 Å². The van der Waals surface area contributed by atoms with Gasteiger partial charge in [-0.25, -0.2) is 13.2 Å². The number of likely N-dealkylation sites (tertiary alicyclic amines) is 1. The van der Waals surface area contributed by atoms with Crippen LogP contribution in [0.4, 0.5) is 24.5 Å². The van der Waals surface area contributed by atoms with Gasteiger partial charge in [0.2, 0.25) is 0 Å². The van der Waals surface area contributed by atoms with Crippen molar-refractivity contribution in [2.45, 2.75) is 56.6 Å². The molecule has 1 saturated carbocycles. The minimum Gasteiger partial charge on any atom is -0.385 e. The van der Waals surface area contributed by atoms with E-state index in [1.165, 1.54) is 55.2 Å². The second-order valence-electron chi connectivity index (χ2n) is 9.34. The number of rotatable bonds is 6.